The Bertz CT molecular complexity index is 983. The summed E-state index contributed by atoms with van der Waals surface area (Å²) in [7, 11) is 0. The molecule has 2 N–H and O–H groups in total. The Labute approximate surface area is 166 Å². The first-order valence-electron chi connectivity index (χ1n) is 8.85. The van der Waals surface area contributed by atoms with E-state index in [1.807, 2.05) is 6.07 Å². The number of allylic oxidation sites excluding steroid dienone is 1. The molecule has 0 radical (unpaired) electrons. The number of urea groups is 1. The van der Waals surface area contributed by atoms with E-state index in [1.165, 1.54) is 24.3 Å². The Hall–Kier alpha value is -3.94. The van der Waals surface area contributed by atoms with Crippen molar-refractivity contribution in [1.82, 2.24) is 10.2 Å². The van der Waals surface area contributed by atoms with Crippen LogP contribution in [0.15, 0.2) is 66.4 Å². The van der Waals surface area contributed by atoms with Gasteiger partial charge < -0.3 is 15.2 Å². The van der Waals surface area contributed by atoms with Crippen LogP contribution in [0.3, 0.4) is 0 Å². The summed E-state index contributed by atoms with van der Waals surface area (Å²) in [5.74, 6) is -3.91. The number of hydrogen-bond acceptors (Lipinski definition) is 6. The Morgan fingerprint density at radius 1 is 1.10 bits per heavy atom. The third-order valence-corrected chi connectivity index (χ3v) is 4.47. The van der Waals surface area contributed by atoms with E-state index in [0.29, 0.717) is 5.69 Å². The van der Waals surface area contributed by atoms with Gasteiger partial charge in [-0.3, -0.25) is 19.8 Å². The van der Waals surface area contributed by atoms with Crippen molar-refractivity contribution >= 4 is 29.5 Å². The van der Waals surface area contributed by atoms with Crippen LogP contribution in [0, 0.1) is 5.92 Å². The minimum absolute atomic E-state index is 0.00342. The number of carbonyl (C=O) groups excluding carboxylic acids is 4. The van der Waals surface area contributed by atoms with Crippen LogP contribution >= 0.6 is 0 Å². The summed E-state index contributed by atoms with van der Waals surface area (Å²) in [6.45, 7) is 1.68. The van der Waals surface area contributed by atoms with Crippen molar-refractivity contribution < 1.29 is 24.3 Å². The number of benzene rings is 2. The highest BCUT2D eigenvalue weighted by Gasteiger charge is 2.42. The van der Waals surface area contributed by atoms with E-state index in [2.05, 4.69) is 10.6 Å². The normalized spacial score (nSPS) is 17.1. The summed E-state index contributed by atoms with van der Waals surface area (Å²) in [5, 5.41) is 16.0. The molecule has 1 aliphatic heterocycles. The number of amides is 4. The number of aromatic carboxylic acids is 1. The van der Waals surface area contributed by atoms with Gasteiger partial charge in [0.05, 0.1) is 12.5 Å². The van der Waals surface area contributed by atoms with E-state index in [0.717, 1.165) is 10.5 Å². The van der Waals surface area contributed by atoms with Gasteiger partial charge in [-0.05, 0) is 30.2 Å². The van der Waals surface area contributed by atoms with Crippen LogP contribution in [0.5, 0.6) is 0 Å². The van der Waals surface area contributed by atoms with E-state index in [4.69, 9.17) is 0 Å². The average Bonchev–Trinajstić information content (AvgIpc) is 2.71. The summed E-state index contributed by atoms with van der Waals surface area (Å²) in [5.41, 5.74) is 1.51. The lowest BCUT2D eigenvalue weighted by atomic mass is 9.99. The fourth-order valence-electron chi connectivity index (χ4n) is 2.97. The van der Waals surface area contributed by atoms with Gasteiger partial charge in [-0.15, -0.1) is 0 Å². The van der Waals surface area contributed by atoms with E-state index in [1.54, 1.807) is 37.3 Å². The number of carbonyl (C=O) groups is 4. The Morgan fingerprint density at radius 2 is 1.76 bits per heavy atom. The van der Waals surface area contributed by atoms with Crippen molar-refractivity contribution in [3.8, 4) is 0 Å². The second-order valence-electron chi connectivity index (χ2n) is 6.37. The van der Waals surface area contributed by atoms with Gasteiger partial charge in [0.25, 0.3) is 0 Å². The first-order chi connectivity index (χ1) is 13.9. The van der Waals surface area contributed by atoms with E-state index in [-0.39, 0.29) is 17.8 Å². The molecule has 148 valence electrons. The van der Waals surface area contributed by atoms with Gasteiger partial charge in [0, 0.05) is 11.4 Å². The maximum Gasteiger partial charge on any atom is 0.331 e. The first kappa shape index (κ1) is 19.8. The maximum atomic E-state index is 13.0. The van der Waals surface area contributed by atoms with Crippen molar-refractivity contribution in [2.45, 2.75) is 13.5 Å². The number of anilines is 1. The second-order valence-corrected chi connectivity index (χ2v) is 6.37. The molecule has 1 saturated heterocycles. The van der Waals surface area contributed by atoms with Gasteiger partial charge in [-0.1, -0.05) is 48.5 Å². The molecule has 1 heterocycles. The van der Waals surface area contributed by atoms with Gasteiger partial charge in [-0.25, -0.2) is 4.79 Å². The number of imide groups is 2. The predicted molar refractivity (Wildman–Crippen MR) is 102 cm³/mol. The summed E-state index contributed by atoms with van der Waals surface area (Å²) in [6.07, 6.45) is 1.56. The summed E-state index contributed by atoms with van der Waals surface area (Å²) < 4.78 is 0. The van der Waals surface area contributed by atoms with Crippen molar-refractivity contribution in [3.05, 3.63) is 77.5 Å². The van der Waals surface area contributed by atoms with E-state index >= 15 is 0 Å². The number of carboxylic acids is 1. The molecule has 0 spiro atoms. The second kappa shape index (κ2) is 8.39. The van der Waals surface area contributed by atoms with Crippen LogP contribution < -0.4 is 15.7 Å². The maximum absolute atomic E-state index is 13.0. The SMILES string of the molecule is C/C=C(/Nc1ccc(C(=O)[O-])cc1)[C@H]1C(=O)NC(=O)N(Cc2ccccc2)C1=O. The van der Waals surface area contributed by atoms with E-state index < -0.39 is 29.7 Å². The molecule has 1 atom stereocenters. The Balaban J connectivity index is 1.82. The van der Waals surface area contributed by atoms with Gasteiger partial charge in [0.1, 0.15) is 0 Å². The molecule has 4 amide bonds. The first-order valence-corrected chi connectivity index (χ1v) is 8.85. The van der Waals surface area contributed by atoms with Crippen LogP contribution in [-0.4, -0.2) is 28.7 Å². The van der Waals surface area contributed by atoms with Crippen molar-refractivity contribution in [1.29, 1.82) is 0 Å². The molecule has 8 nitrogen and oxygen atoms in total. The molecule has 0 unspecified atom stereocenters. The molecule has 2 aromatic carbocycles. The Morgan fingerprint density at radius 3 is 2.34 bits per heavy atom. The molecular formula is C21H18N3O5-. The highest BCUT2D eigenvalue weighted by Crippen LogP contribution is 2.23. The predicted octanol–water partition coefficient (Wildman–Crippen LogP) is 1.26. The zero-order chi connectivity index (χ0) is 21.0. The Kier molecular flexibility index (Phi) is 5.73. The van der Waals surface area contributed by atoms with Crippen LogP contribution in [-0.2, 0) is 16.1 Å². The quantitative estimate of drug-likeness (QED) is 0.715. The zero-order valence-corrected chi connectivity index (χ0v) is 15.5. The number of barbiturate groups is 1. The molecule has 8 heteroatoms. The summed E-state index contributed by atoms with van der Waals surface area (Å²) in [4.78, 5) is 49.4. The van der Waals surface area contributed by atoms with Crippen LogP contribution in [0.4, 0.5) is 10.5 Å². The summed E-state index contributed by atoms with van der Waals surface area (Å²) in [6, 6.07) is 13.9. The third kappa shape index (κ3) is 4.32. The molecule has 0 aliphatic carbocycles. The lowest BCUT2D eigenvalue weighted by Gasteiger charge is -2.31. The van der Waals surface area contributed by atoms with Crippen molar-refractivity contribution in [3.63, 3.8) is 0 Å². The number of rotatable bonds is 6. The molecular weight excluding hydrogens is 374 g/mol. The van der Waals surface area contributed by atoms with Crippen molar-refractivity contribution in [2.24, 2.45) is 5.92 Å². The number of nitrogens with one attached hydrogen (secondary N) is 2. The van der Waals surface area contributed by atoms with Crippen molar-refractivity contribution in [2.75, 3.05) is 5.32 Å². The fourth-order valence-corrected chi connectivity index (χ4v) is 2.97. The van der Waals surface area contributed by atoms with Gasteiger partial charge >= 0.3 is 6.03 Å². The minimum atomic E-state index is -1.31. The van der Waals surface area contributed by atoms with Crippen LogP contribution in [0.2, 0.25) is 0 Å². The number of nitrogens with zero attached hydrogens (tertiary/aromatic N) is 1. The third-order valence-electron chi connectivity index (χ3n) is 4.47. The van der Waals surface area contributed by atoms with Gasteiger partial charge in [0.15, 0.2) is 5.92 Å². The zero-order valence-electron chi connectivity index (χ0n) is 15.5. The largest absolute Gasteiger partial charge is 0.545 e. The number of hydrogen-bond donors (Lipinski definition) is 2. The molecule has 3 rings (SSSR count). The van der Waals surface area contributed by atoms with Crippen LogP contribution in [0.1, 0.15) is 22.8 Å². The lowest BCUT2D eigenvalue weighted by Crippen LogP contribution is -2.58. The van der Waals surface area contributed by atoms with E-state index in [9.17, 15) is 24.3 Å². The fraction of sp³-hybridized carbons (Fsp3) is 0.143. The standard InChI is InChI=1S/C21H19N3O5/c1-2-16(22-15-10-8-14(9-11-15)20(27)28)17-18(25)23-21(29)24(19(17)26)12-13-6-4-3-5-7-13/h2-11,17,22H,12H2,1H3,(H,27,28)(H,23,25,29)/p-1/b16-2+/t17-/m0/s1. The molecule has 29 heavy (non-hydrogen) atoms. The molecule has 0 bridgehead atoms. The topological polar surface area (TPSA) is 119 Å². The van der Waals surface area contributed by atoms with Gasteiger partial charge in [-0.2, -0.15) is 0 Å². The average molecular weight is 392 g/mol. The summed E-state index contributed by atoms with van der Waals surface area (Å²) >= 11 is 0. The smallest absolute Gasteiger partial charge is 0.331 e. The molecule has 2 aromatic rings. The molecule has 1 fully saturated rings. The lowest BCUT2D eigenvalue weighted by molar-refractivity contribution is -0.255. The number of carboxylic acid groups (broad SMARTS) is 1. The molecule has 0 aromatic heterocycles. The van der Waals surface area contributed by atoms with Gasteiger partial charge in [0.2, 0.25) is 11.8 Å². The molecule has 1 aliphatic rings. The molecule has 0 saturated carbocycles. The highest BCUT2D eigenvalue weighted by molar-refractivity contribution is 6.18. The minimum Gasteiger partial charge on any atom is -0.545 e. The monoisotopic (exact) mass is 392 g/mol. The van der Waals surface area contributed by atoms with Crippen LogP contribution in [0.25, 0.3) is 0 Å². The highest BCUT2D eigenvalue weighted by atomic mass is 16.4.